The van der Waals surface area contributed by atoms with Crippen LogP contribution >= 0.6 is 23.2 Å². The van der Waals surface area contributed by atoms with E-state index in [1.807, 2.05) is 0 Å². The summed E-state index contributed by atoms with van der Waals surface area (Å²) in [5.74, 6) is -0.558. The Labute approximate surface area is 127 Å². The molecule has 7 heteroatoms. The minimum atomic E-state index is -0.281. The molecule has 0 fully saturated rings. The Balaban J connectivity index is 2.72. The third-order valence-corrected chi connectivity index (χ3v) is 3.31. The van der Waals surface area contributed by atoms with Crippen LogP contribution in [0.25, 0.3) is 0 Å². The number of halogens is 2. The van der Waals surface area contributed by atoms with Crippen LogP contribution in [0.2, 0.25) is 10.0 Å². The first-order valence-electron chi connectivity index (χ1n) is 6.01. The van der Waals surface area contributed by atoms with Gasteiger partial charge in [-0.3, -0.25) is 9.59 Å². The smallest absolute Gasteiger partial charge is 0.242 e. The van der Waals surface area contributed by atoms with E-state index in [1.54, 1.807) is 18.2 Å². The van der Waals surface area contributed by atoms with Crippen LogP contribution in [0.5, 0.6) is 0 Å². The van der Waals surface area contributed by atoms with Crippen molar-refractivity contribution >= 4 is 35.0 Å². The van der Waals surface area contributed by atoms with Gasteiger partial charge in [0.25, 0.3) is 0 Å². The molecule has 5 nitrogen and oxygen atoms in total. The Kier molecular flexibility index (Phi) is 6.78. The van der Waals surface area contributed by atoms with Gasteiger partial charge in [-0.05, 0) is 17.7 Å². The molecule has 0 radical (unpaired) electrons. The van der Waals surface area contributed by atoms with Gasteiger partial charge in [-0.25, -0.2) is 0 Å². The van der Waals surface area contributed by atoms with E-state index in [0.29, 0.717) is 10.0 Å². The predicted octanol–water partition coefficient (Wildman–Crippen LogP) is 1.45. The summed E-state index contributed by atoms with van der Waals surface area (Å²) in [6.07, 6.45) is 0. The van der Waals surface area contributed by atoms with Crippen LogP contribution in [0.15, 0.2) is 18.2 Å². The number of benzene rings is 1. The Hall–Kier alpha value is -1.30. The first-order valence-corrected chi connectivity index (χ1v) is 6.76. The maximum absolute atomic E-state index is 11.9. The molecule has 1 aromatic rings. The fourth-order valence-electron chi connectivity index (χ4n) is 1.58. The highest BCUT2D eigenvalue weighted by atomic mass is 35.5. The molecule has 2 amide bonds. The minimum absolute atomic E-state index is 0.101. The molecule has 0 heterocycles. The Morgan fingerprint density at radius 2 is 2.00 bits per heavy atom. The van der Waals surface area contributed by atoms with Gasteiger partial charge in [0.05, 0.1) is 23.2 Å². The van der Waals surface area contributed by atoms with E-state index in [-0.39, 0.29) is 38.1 Å². The summed E-state index contributed by atoms with van der Waals surface area (Å²) in [6, 6.07) is 5.07. The van der Waals surface area contributed by atoms with Gasteiger partial charge in [0.1, 0.15) is 0 Å². The third-order valence-electron chi connectivity index (χ3n) is 2.57. The molecule has 20 heavy (non-hydrogen) atoms. The third kappa shape index (κ3) is 5.36. The van der Waals surface area contributed by atoms with Crippen molar-refractivity contribution in [2.45, 2.75) is 13.5 Å². The largest absolute Gasteiger partial charge is 0.395 e. The van der Waals surface area contributed by atoms with Crippen molar-refractivity contribution in [2.24, 2.45) is 0 Å². The fraction of sp³-hybridized carbons (Fsp3) is 0.385. The molecule has 1 aromatic carbocycles. The fourth-order valence-corrected chi connectivity index (χ4v) is 1.90. The summed E-state index contributed by atoms with van der Waals surface area (Å²) in [5.41, 5.74) is 0.795. The van der Waals surface area contributed by atoms with Gasteiger partial charge < -0.3 is 15.3 Å². The van der Waals surface area contributed by atoms with Crippen molar-refractivity contribution < 1.29 is 14.7 Å². The van der Waals surface area contributed by atoms with Crippen molar-refractivity contribution in [3.63, 3.8) is 0 Å². The monoisotopic (exact) mass is 318 g/mol. The molecule has 0 aliphatic carbocycles. The van der Waals surface area contributed by atoms with Crippen LogP contribution in [-0.2, 0) is 16.1 Å². The molecule has 0 bridgehead atoms. The Bertz CT molecular complexity index is 495. The van der Waals surface area contributed by atoms with Crippen LogP contribution < -0.4 is 5.32 Å². The van der Waals surface area contributed by atoms with E-state index in [2.05, 4.69) is 5.32 Å². The minimum Gasteiger partial charge on any atom is -0.395 e. The van der Waals surface area contributed by atoms with E-state index in [9.17, 15) is 9.59 Å². The van der Waals surface area contributed by atoms with E-state index in [4.69, 9.17) is 28.3 Å². The molecule has 0 saturated carbocycles. The number of aliphatic hydroxyl groups excluding tert-OH is 1. The van der Waals surface area contributed by atoms with Crippen molar-refractivity contribution in [1.82, 2.24) is 10.2 Å². The van der Waals surface area contributed by atoms with Crippen LogP contribution in [0, 0.1) is 0 Å². The second kappa shape index (κ2) is 8.09. The SMILES string of the molecule is CC(=O)NCC(=O)N(CCO)Cc1ccc(Cl)c(Cl)c1. The summed E-state index contributed by atoms with van der Waals surface area (Å²) in [7, 11) is 0. The number of hydrogen-bond acceptors (Lipinski definition) is 3. The molecule has 0 atom stereocenters. The van der Waals surface area contributed by atoms with Gasteiger partial charge in [0.2, 0.25) is 11.8 Å². The second-order valence-corrected chi connectivity index (χ2v) is 5.01. The number of amides is 2. The zero-order valence-electron chi connectivity index (χ0n) is 11.0. The lowest BCUT2D eigenvalue weighted by Crippen LogP contribution is -2.40. The lowest BCUT2D eigenvalue weighted by atomic mass is 10.2. The molecule has 0 aliphatic rings. The average molecular weight is 319 g/mol. The number of nitrogens with one attached hydrogen (secondary N) is 1. The topological polar surface area (TPSA) is 69.6 Å². The summed E-state index contributed by atoms with van der Waals surface area (Å²) in [6.45, 7) is 1.54. The number of nitrogens with zero attached hydrogens (tertiary/aromatic N) is 1. The van der Waals surface area contributed by atoms with Gasteiger partial charge in [-0.1, -0.05) is 29.3 Å². The first kappa shape index (κ1) is 16.8. The van der Waals surface area contributed by atoms with Crippen LogP contribution in [0.3, 0.4) is 0 Å². The lowest BCUT2D eigenvalue weighted by molar-refractivity contribution is -0.133. The molecule has 1 rings (SSSR count). The van der Waals surface area contributed by atoms with Gasteiger partial charge in [0.15, 0.2) is 0 Å². The van der Waals surface area contributed by atoms with Crippen LogP contribution in [0.4, 0.5) is 0 Å². The second-order valence-electron chi connectivity index (χ2n) is 4.20. The van der Waals surface area contributed by atoms with Crippen molar-refractivity contribution in [2.75, 3.05) is 19.7 Å². The highest BCUT2D eigenvalue weighted by molar-refractivity contribution is 6.42. The molecule has 0 aliphatic heterocycles. The Morgan fingerprint density at radius 1 is 1.30 bits per heavy atom. The van der Waals surface area contributed by atoms with Gasteiger partial charge in [0, 0.05) is 20.0 Å². The lowest BCUT2D eigenvalue weighted by Gasteiger charge is -2.22. The van der Waals surface area contributed by atoms with Crippen LogP contribution in [0.1, 0.15) is 12.5 Å². The zero-order valence-corrected chi connectivity index (χ0v) is 12.5. The molecule has 2 N–H and O–H groups in total. The van der Waals surface area contributed by atoms with E-state index >= 15 is 0 Å². The number of carbonyl (C=O) groups is 2. The number of hydrogen-bond donors (Lipinski definition) is 2. The highest BCUT2D eigenvalue weighted by Gasteiger charge is 2.14. The number of aliphatic hydroxyl groups is 1. The predicted molar refractivity (Wildman–Crippen MR) is 77.6 cm³/mol. The standard InChI is InChI=1S/C13H16Cl2N2O3/c1-9(19)16-7-13(20)17(4-5-18)8-10-2-3-11(14)12(15)6-10/h2-3,6,18H,4-5,7-8H2,1H3,(H,16,19). The zero-order chi connectivity index (χ0) is 15.1. The summed E-state index contributed by atoms with van der Waals surface area (Å²) < 4.78 is 0. The van der Waals surface area contributed by atoms with Crippen LogP contribution in [-0.4, -0.2) is 41.5 Å². The average Bonchev–Trinajstić information content (AvgIpc) is 2.39. The molecular weight excluding hydrogens is 303 g/mol. The van der Waals surface area contributed by atoms with Crippen molar-refractivity contribution in [3.05, 3.63) is 33.8 Å². The van der Waals surface area contributed by atoms with E-state index < -0.39 is 0 Å². The number of rotatable bonds is 6. The number of carbonyl (C=O) groups excluding carboxylic acids is 2. The molecule has 0 unspecified atom stereocenters. The van der Waals surface area contributed by atoms with Crippen molar-refractivity contribution in [3.8, 4) is 0 Å². The maximum Gasteiger partial charge on any atom is 0.242 e. The summed E-state index contributed by atoms with van der Waals surface area (Å²) in [4.78, 5) is 24.2. The van der Waals surface area contributed by atoms with E-state index in [0.717, 1.165) is 5.56 Å². The first-order chi connectivity index (χ1) is 9.43. The van der Waals surface area contributed by atoms with Gasteiger partial charge >= 0.3 is 0 Å². The molecule has 110 valence electrons. The molecule has 0 saturated heterocycles. The Morgan fingerprint density at radius 3 is 2.55 bits per heavy atom. The molecular formula is C13H16Cl2N2O3. The van der Waals surface area contributed by atoms with Gasteiger partial charge in [-0.2, -0.15) is 0 Å². The molecule has 0 aromatic heterocycles. The highest BCUT2D eigenvalue weighted by Crippen LogP contribution is 2.23. The summed E-state index contributed by atoms with van der Waals surface area (Å²) >= 11 is 11.7. The maximum atomic E-state index is 11.9. The normalized spacial score (nSPS) is 10.2. The van der Waals surface area contributed by atoms with Gasteiger partial charge in [-0.15, -0.1) is 0 Å². The molecule has 0 spiro atoms. The quantitative estimate of drug-likeness (QED) is 0.834. The van der Waals surface area contributed by atoms with E-state index in [1.165, 1.54) is 11.8 Å². The van der Waals surface area contributed by atoms with Crippen molar-refractivity contribution in [1.29, 1.82) is 0 Å². The summed E-state index contributed by atoms with van der Waals surface area (Å²) in [5, 5.41) is 12.3.